The maximum Gasteiger partial charge on any atom is 0.130 e. The predicted octanol–water partition coefficient (Wildman–Crippen LogP) is 2.96. The van der Waals surface area contributed by atoms with E-state index in [1.807, 2.05) is 37.3 Å². The van der Waals surface area contributed by atoms with Crippen molar-refractivity contribution in [3.05, 3.63) is 52.8 Å². The molecular weight excluding hydrogens is 266 g/mol. The third-order valence-corrected chi connectivity index (χ3v) is 3.76. The molecule has 3 rings (SSSR count). The quantitative estimate of drug-likeness (QED) is 0.938. The lowest BCUT2D eigenvalue weighted by molar-refractivity contribution is 0.180. The lowest BCUT2D eigenvalue weighted by atomic mass is 10.1. The van der Waals surface area contributed by atoms with E-state index in [9.17, 15) is 5.11 Å². The summed E-state index contributed by atoms with van der Waals surface area (Å²) in [5.41, 5.74) is 3.95. The summed E-state index contributed by atoms with van der Waals surface area (Å²) >= 11 is 0. The molecule has 0 saturated carbocycles. The normalized spacial score (nSPS) is 16.6. The van der Waals surface area contributed by atoms with E-state index in [-0.39, 0.29) is 6.10 Å². The van der Waals surface area contributed by atoms with Crippen LogP contribution in [0.15, 0.2) is 30.3 Å². The topological polar surface area (TPSA) is 51.6 Å². The van der Waals surface area contributed by atoms with Crippen LogP contribution < -0.4 is 9.47 Å². The Hall–Kier alpha value is -2.07. The lowest BCUT2D eigenvalue weighted by Gasteiger charge is -2.10. The van der Waals surface area contributed by atoms with Gasteiger partial charge in [-0.1, -0.05) is 6.07 Å². The Morgan fingerprint density at radius 3 is 2.90 bits per heavy atom. The molecule has 1 aromatic heterocycles. The summed E-state index contributed by atoms with van der Waals surface area (Å²) in [6.07, 6.45) is 1.39. The second kappa shape index (κ2) is 5.74. The third-order valence-electron chi connectivity index (χ3n) is 3.76. The Balaban J connectivity index is 1.72. The number of hydrogen-bond acceptors (Lipinski definition) is 4. The highest BCUT2D eigenvalue weighted by Crippen LogP contribution is 2.33. The highest BCUT2D eigenvalue weighted by molar-refractivity contribution is 5.40. The molecule has 1 aliphatic rings. The number of aliphatic hydroxyl groups is 1. The number of aryl methyl sites for hydroxylation is 2. The van der Waals surface area contributed by atoms with E-state index >= 15 is 0 Å². The van der Waals surface area contributed by atoms with Crippen LogP contribution in [-0.2, 0) is 13.0 Å². The predicted molar refractivity (Wildman–Crippen MR) is 79.6 cm³/mol. The van der Waals surface area contributed by atoms with Gasteiger partial charge in [-0.05, 0) is 43.0 Å². The first-order valence-electron chi connectivity index (χ1n) is 7.11. The summed E-state index contributed by atoms with van der Waals surface area (Å²) in [4.78, 5) is 4.44. The first-order valence-corrected chi connectivity index (χ1v) is 7.11. The molecule has 0 aliphatic heterocycles. The number of hydrogen-bond donors (Lipinski definition) is 1. The van der Waals surface area contributed by atoms with E-state index in [0.717, 1.165) is 41.3 Å². The van der Waals surface area contributed by atoms with Gasteiger partial charge in [0.15, 0.2) is 0 Å². The first-order chi connectivity index (χ1) is 10.2. The van der Waals surface area contributed by atoms with Crippen molar-refractivity contribution in [3.8, 4) is 11.5 Å². The summed E-state index contributed by atoms with van der Waals surface area (Å²) in [5.74, 6) is 1.60. The van der Waals surface area contributed by atoms with Gasteiger partial charge in [-0.3, -0.25) is 4.98 Å². The summed E-state index contributed by atoms with van der Waals surface area (Å²) in [6.45, 7) is 2.34. The number of rotatable bonds is 4. The van der Waals surface area contributed by atoms with E-state index < -0.39 is 0 Å². The molecule has 0 bridgehead atoms. The third kappa shape index (κ3) is 3.00. The van der Waals surface area contributed by atoms with Crippen LogP contribution in [0.4, 0.5) is 0 Å². The van der Waals surface area contributed by atoms with Crippen molar-refractivity contribution in [2.45, 2.75) is 32.5 Å². The van der Waals surface area contributed by atoms with Crippen LogP contribution in [0.25, 0.3) is 0 Å². The summed E-state index contributed by atoms with van der Waals surface area (Å²) in [7, 11) is 1.64. The molecule has 1 N–H and O–H groups in total. The van der Waals surface area contributed by atoms with Crippen molar-refractivity contribution in [2.75, 3.05) is 7.11 Å². The van der Waals surface area contributed by atoms with Crippen LogP contribution in [-0.4, -0.2) is 17.2 Å². The molecule has 1 atom stereocenters. The average molecular weight is 285 g/mol. The van der Waals surface area contributed by atoms with Gasteiger partial charge in [0.05, 0.1) is 18.9 Å². The summed E-state index contributed by atoms with van der Waals surface area (Å²) in [6, 6.07) is 9.63. The summed E-state index contributed by atoms with van der Waals surface area (Å²) in [5, 5.41) is 9.80. The average Bonchev–Trinajstić information content (AvgIpc) is 2.85. The van der Waals surface area contributed by atoms with Gasteiger partial charge in [0, 0.05) is 17.8 Å². The number of methoxy groups -OCH3 is 1. The molecule has 110 valence electrons. The Morgan fingerprint density at radius 1 is 1.24 bits per heavy atom. The Kier molecular flexibility index (Phi) is 3.80. The van der Waals surface area contributed by atoms with E-state index in [4.69, 9.17) is 9.47 Å². The minimum atomic E-state index is -0.322. The number of ether oxygens (including phenoxy) is 2. The second-order valence-electron chi connectivity index (χ2n) is 5.34. The van der Waals surface area contributed by atoms with Gasteiger partial charge in [0.1, 0.15) is 18.1 Å². The van der Waals surface area contributed by atoms with Crippen molar-refractivity contribution >= 4 is 0 Å². The van der Waals surface area contributed by atoms with E-state index in [1.165, 1.54) is 5.56 Å². The monoisotopic (exact) mass is 285 g/mol. The Bertz CT molecular complexity index is 654. The molecule has 0 spiro atoms. The lowest BCUT2D eigenvalue weighted by Crippen LogP contribution is -2.01. The number of benzene rings is 1. The molecular formula is C17H19NO3. The molecule has 1 aromatic carbocycles. The van der Waals surface area contributed by atoms with Crippen LogP contribution in [0, 0.1) is 6.92 Å². The molecule has 0 fully saturated rings. The number of aromatic nitrogens is 1. The zero-order chi connectivity index (χ0) is 14.8. The van der Waals surface area contributed by atoms with Crippen LogP contribution in [0.5, 0.6) is 11.5 Å². The van der Waals surface area contributed by atoms with Crippen LogP contribution >= 0.6 is 0 Å². The van der Waals surface area contributed by atoms with Gasteiger partial charge in [-0.15, -0.1) is 0 Å². The van der Waals surface area contributed by atoms with Crippen LogP contribution in [0.2, 0.25) is 0 Å². The largest absolute Gasteiger partial charge is 0.497 e. The number of pyridine rings is 1. The minimum Gasteiger partial charge on any atom is -0.497 e. The minimum absolute atomic E-state index is 0.322. The number of aliphatic hydroxyl groups excluding tert-OH is 1. The molecule has 2 aromatic rings. The van der Waals surface area contributed by atoms with E-state index in [2.05, 4.69) is 4.98 Å². The highest BCUT2D eigenvalue weighted by atomic mass is 16.5. The van der Waals surface area contributed by atoms with Crippen molar-refractivity contribution in [1.29, 1.82) is 0 Å². The molecule has 4 heteroatoms. The van der Waals surface area contributed by atoms with Crippen molar-refractivity contribution < 1.29 is 14.6 Å². The molecule has 0 radical (unpaired) electrons. The van der Waals surface area contributed by atoms with Crippen molar-refractivity contribution in [2.24, 2.45) is 0 Å². The molecule has 0 amide bonds. The van der Waals surface area contributed by atoms with Gasteiger partial charge in [-0.25, -0.2) is 0 Å². The second-order valence-corrected chi connectivity index (χ2v) is 5.34. The Morgan fingerprint density at radius 2 is 2.10 bits per heavy atom. The van der Waals surface area contributed by atoms with Crippen molar-refractivity contribution in [3.63, 3.8) is 0 Å². The smallest absolute Gasteiger partial charge is 0.130 e. The summed E-state index contributed by atoms with van der Waals surface area (Å²) < 4.78 is 11.0. The first kappa shape index (κ1) is 13.9. The number of fused-ring (bicyclic) bond motifs is 1. The van der Waals surface area contributed by atoms with Crippen molar-refractivity contribution in [1.82, 2.24) is 4.98 Å². The van der Waals surface area contributed by atoms with Crippen LogP contribution in [0.1, 0.15) is 35.0 Å². The van der Waals surface area contributed by atoms with Gasteiger partial charge in [-0.2, -0.15) is 0 Å². The van der Waals surface area contributed by atoms with E-state index in [0.29, 0.717) is 6.61 Å². The fourth-order valence-corrected chi connectivity index (χ4v) is 2.71. The van der Waals surface area contributed by atoms with Gasteiger partial charge in [0.25, 0.3) is 0 Å². The zero-order valence-electron chi connectivity index (χ0n) is 12.3. The molecule has 4 nitrogen and oxygen atoms in total. The van der Waals surface area contributed by atoms with Crippen LogP contribution in [0.3, 0.4) is 0 Å². The zero-order valence-corrected chi connectivity index (χ0v) is 12.3. The van der Waals surface area contributed by atoms with E-state index in [1.54, 1.807) is 7.11 Å². The maximum absolute atomic E-state index is 9.80. The highest BCUT2D eigenvalue weighted by Gasteiger charge is 2.20. The SMILES string of the molecule is COc1cc(C)nc(COc2ccc3c(c2)CC[C@@H]3O)c1. The standard InChI is InChI=1S/C17H19NO3/c1-11-7-15(20-2)9-13(18-11)10-21-14-4-5-16-12(8-14)3-6-17(16)19/h4-5,7-9,17,19H,3,6,10H2,1-2H3/t17-/m0/s1. The Labute approximate surface area is 124 Å². The molecule has 0 saturated heterocycles. The number of nitrogens with zero attached hydrogens (tertiary/aromatic N) is 1. The molecule has 0 unspecified atom stereocenters. The van der Waals surface area contributed by atoms with Gasteiger partial charge < -0.3 is 14.6 Å². The fourth-order valence-electron chi connectivity index (χ4n) is 2.71. The molecule has 1 aliphatic carbocycles. The van der Waals surface area contributed by atoms with Gasteiger partial charge in [0.2, 0.25) is 0 Å². The molecule has 1 heterocycles. The molecule has 21 heavy (non-hydrogen) atoms. The maximum atomic E-state index is 9.80. The fraction of sp³-hybridized carbons (Fsp3) is 0.353. The van der Waals surface area contributed by atoms with Gasteiger partial charge >= 0.3 is 0 Å².